The molecule has 0 atom stereocenters. The summed E-state index contributed by atoms with van der Waals surface area (Å²) in [5.74, 6) is -0.653. The van der Waals surface area contributed by atoms with Crippen molar-refractivity contribution in [2.45, 2.75) is 33.1 Å². The molecule has 2 rings (SSSR count). The molecule has 0 saturated heterocycles. The minimum atomic E-state index is -0.491. The second-order valence-electron chi connectivity index (χ2n) is 5.52. The lowest BCUT2D eigenvalue weighted by molar-refractivity contribution is 0.584. The van der Waals surface area contributed by atoms with Crippen molar-refractivity contribution < 1.29 is 8.78 Å². The third kappa shape index (κ3) is 3.03. The average molecular weight is 310 g/mol. The molecule has 0 bridgehead atoms. The van der Waals surface area contributed by atoms with Crippen LogP contribution in [0.2, 0.25) is 5.02 Å². The number of nitrogens with two attached hydrogens (primary N) is 1. The molecule has 0 fully saturated rings. The summed E-state index contributed by atoms with van der Waals surface area (Å²) >= 11 is 6.14. The molecule has 0 radical (unpaired) electrons. The SMILES string of the molecule is Cc1c(F)c(N)cc(Cl)c1Cc1cccc(C(C)C)c1F. The van der Waals surface area contributed by atoms with Gasteiger partial charge in [-0.3, -0.25) is 0 Å². The smallest absolute Gasteiger partial charge is 0.149 e. The van der Waals surface area contributed by atoms with Gasteiger partial charge in [0.1, 0.15) is 11.6 Å². The molecule has 1 nitrogen and oxygen atoms in total. The van der Waals surface area contributed by atoms with Gasteiger partial charge in [0, 0.05) is 11.4 Å². The Morgan fingerprint density at radius 2 is 1.86 bits per heavy atom. The van der Waals surface area contributed by atoms with Crippen LogP contribution in [-0.4, -0.2) is 0 Å². The molecule has 0 aliphatic carbocycles. The van der Waals surface area contributed by atoms with E-state index in [-0.39, 0.29) is 23.8 Å². The summed E-state index contributed by atoms with van der Waals surface area (Å²) in [6.45, 7) is 5.48. The van der Waals surface area contributed by atoms with E-state index in [2.05, 4.69) is 0 Å². The van der Waals surface area contributed by atoms with E-state index in [4.69, 9.17) is 17.3 Å². The molecular weight excluding hydrogens is 292 g/mol. The Hall–Kier alpha value is -1.61. The molecule has 0 aromatic heterocycles. The highest BCUT2D eigenvalue weighted by Crippen LogP contribution is 2.31. The molecule has 21 heavy (non-hydrogen) atoms. The fraction of sp³-hybridized carbons (Fsp3) is 0.294. The molecule has 0 aliphatic rings. The van der Waals surface area contributed by atoms with Crippen LogP contribution in [0.25, 0.3) is 0 Å². The summed E-state index contributed by atoms with van der Waals surface area (Å²) in [5.41, 5.74) is 7.66. The van der Waals surface area contributed by atoms with Crippen molar-refractivity contribution in [2.24, 2.45) is 0 Å². The van der Waals surface area contributed by atoms with Crippen LogP contribution in [-0.2, 0) is 6.42 Å². The van der Waals surface area contributed by atoms with E-state index in [1.807, 2.05) is 19.9 Å². The van der Waals surface area contributed by atoms with Gasteiger partial charge >= 0.3 is 0 Å². The molecule has 0 amide bonds. The summed E-state index contributed by atoms with van der Waals surface area (Å²) in [6, 6.07) is 6.65. The predicted octanol–water partition coefficient (Wildman–Crippen LogP) is 5.22. The molecule has 2 N–H and O–H groups in total. The third-order valence-corrected chi connectivity index (χ3v) is 4.04. The maximum Gasteiger partial charge on any atom is 0.149 e. The highest BCUT2D eigenvalue weighted by Gasteiger charge is 2.16. The first-order valence-corrected chi connectivity index (χ1v) is 7.21. The number of anilines is 1. The van der Waals surface area contributed by atoms with E-state index in [1.165, 1.54) is 6.07 Å². The van der Waals surface area contributed by atoms with Crippen LogP contribution < -0.4 is 5.73 Å². The zero-order chi connectivity index (χ0) is 15.7. The third-order valence-electron chi connectivity index (χ3n) is 3.70. The van der Waals surface area contributed by atoms with Crippen LogP contribution in [0, 0.1) is 18.6 Å². The Morgan fingerprint density at radius 3 is 2.48 bits per heavy atom. The fourth-order valence-corrected chi connectivity index (χ4v) is 2.73. The lowest BCUT2D eigenvalue weighted by Gasteiger charge is -2.14. The van der Waals surface area contributed by atoms with E-state index in [9.17, 15) is 8.78 Å². The van der Waals surface area contributed by atoms with Crippen molar-refractivity contribution in [2.75, 3.05) is 5.73 Å². The van der Waals surface area contributed by atoms with Gasteiger partial charge < -0.3 is 5.73 Å². The normalized spacial score (nSPS) is 11.2. The highest BCUT2D eigenvalue weighted by atomic mass is 35.5. The van der Waals surface area contributed by atoms with Crippen molar-refractivity contribution in [3.63, 3.8) is 0 Å². The summed E-state index contributed by atoms with van der Waals surface area (Å²) in [7, 11) is 0. The fourth-order valence-electron chi connectivity index (χ4n) is 2.40. The van der Waals surface area contributed by atoms with Crippen molar-refractivity contribution in [3.05, 3.63) is 63.2 Å². The number of hydrogen-bond acceptors (Lipinski definition) is 1. The number of rotatable bonds is 3. The highest BCUT2D eigenvalue weighted by molar-refractivity contribution is 6.31. The van der Waals surface area contributed by atoms with Crippen LogP contribution in [0.3, 0.4) is 0 Å². The number of hydrogen-bond donors (Lipinski definition) is 1. The van der Waals surface area contributed by atoms with Gasteiger partial charge in [-0.2, -0.15) is 0 Å². The largest absolute Gasteiger partial charge is 0.396 e. The van der Waals surface area contributed by atoms with E-state index >= 15 is 0 Å². The summed E-state index contributed by atoms with van der Waals surface area (Å²) in [6.07, 6.45) is 0.244. The summed E-state index contributed by atoms with van der Waals surface area (Å²) < 4.78 is 28.4. The molecule has 0 aliphatic heterocycles. The van der Waals surface area contributed by atoms with Gasteiger partial charge in [0.15, 0.2) is 0 Å². The zero-order valence-corrected chi connectivity index (χ0v) is 13.1. The predicted molar refractivity (Wildman–Crippen MR) is 83.9 cm³/mol. The maximum absolute atomic E-state index is 14.5. The van der Waals surface area contributed by atoms with Crippen LogP contribution in [0.5, 0.6) is 0 Å². The lowest BCUT2D eigenvalue weighted by atomic mass is 9.94. The van der Waals surface area contributed by atoms with Crippen molar-refractivity contribution in [1.82, 2.24) is 0 Å². The molecule has 2 aromatic rings. The quantitative estimate of drug-likeness (QED) is 0.773. The Labute approximate surface area is 128 Å². The van der Waals surface area contributed by atoms with Gasteiger partial charge in [-0.1, -0.05) is 43.6 Å². The van der Waals surface area contributed by atoms with Crippen molar-refractivity contribution >= 4 is 17.3 Å². The van der Waals surface area contributed by atoms with Crippen molar-refractivity contribution in [1.29, 1.82) is 0 Å². The minimum Gasteiger partial charge on any atom is -0.396 e. The first-order chi connectivity index (χ1) is 9.82. The molecule has 0 spiro atoms. The van der Waals surface area contributed by atoms with Gasteiger partial charge in [-0.05, 0) is 41.2 Å². The van der Waals surface area contributed by atoms with Crippen LogP contribution in [0.15, 0.2) is 24.3 Å². The minimum absolute atomic E-state index is 0.0117. The Morgan fingerprint density at radius 1 is 1.19 bits per heavy atom. The first-order valence-electron chi connectivity index (χ1n) is 6.83. The molecule has 112 valence electrons. The molecule has 4 heteroatoms. The standard InChI is InChI=1S/C17H18ClF2N/c1-9(2)12-6-4-5-11(17(12)20)7-13-10(3)16(19)15(21)8-14(13)18/h4-6,8-9H,7,21H2,1-3H3. The van der Waals surface area contributed by atoms with E-state index in [0.29, 0.717) is 27.3 Å². The van der Waals surface area contributed by atoms with Crippen LogP contribution in [0.4, 0.5) is 14.5 Å². The monoisotopic (exact) mass is 309 g/mol. The van der Waals surface area contributed by atoms with Crippen molar-refractivity contribution in [3.8, 4) is 0 Å². The Bertz CT molecular complexity index is 681. The summed E-state index contributed by atoms with van der Waals surface area (Å²) in [5, 5.41) is 0.362. The van der Waals surface area contributed by atoms with E-state index in [1.54, 1.807) is 19.1 Å². The molecule has 0 saturated carbocycles. The van der Waals surface area contributed by atoms with Crippen LogP contribution in [0.1, 0.15) is 42.0 Å². The Kier molecular flexibility index (Phi) is 4.52. The lowest BCUT2D eigenvalue weighted by Crippen LogP contribution is -2.04. The average Bonchev–Trinajstić information content (AvgIpc) is 2.42. The van der Waals surface area contributed by atoms with Crippen LogP contribution >= 0.6 is 11.6 Å². The van der Waals surface area contributed by atoms with Gasteiger partial charge in [-0.25, -0.2) is 8.78 Å². The van der Waals surface area contributed by atoms with E-state index in [0.717, 1.165) is 0 Å². The Balaban J connectivity index is 2.49. The molecular formula is C17H18ClF2N. The topological polar surface area (TPSA) is 26.0 Å². The molecule has 2 aromatic carbocycles. The van der Waals surface area contributed by atoms with Gasteiger partial charge in [0.05, 0.1) is 5.69 Å². The van der Waals surface area contributed by atoms with Gasteiger partial charge in [0.25, 0.3) is 0 Å². The number of benzene rings is 2. The summed E-state index contributed by atoms with van der Waals surface area (Å²) in [4.78, 5) is 0. The van der Waals surface area contributed by atoms with Gasteiger partial charge in [0.2, 0.25) is 0 Å². The number of halogens is 3. The maximum atomic E-state index is 14.5. The second-order valence-corrected chi connectivity index (χ2v) is 5.92. The van der Waals surface area contributed by atoms with E-state index < -0.39 is 5.82 Å². The second kappa shape index (κ2) is 6.02. The molecule has 0 heterocycles. The number of nitrogen functional groups attached to an aromatic ring is 1. The first kappa shape index (κ1) is 15.8. The van der Waals surface area contributed by atoms with Gasteiger partial charge in [-0.15, -0.1) is 0 Å². The zero-order valence-electron chi connectivity index (χ0n) is 12.3. The molecule has 0 unspecified atom stereocenters.